The quantitative estimate of drug-likeness (QED) is 0.399. The lowest BCUT2D eigenvalue weighted by atomic mass is 10.0. The summed E-state index contributed by atoms with van der Waals surface area (Å²) < 4.78 is 16.5. The molecule has 172 valence electrons. The van der Waals surface area contributed by atoms with Gasteiger partial charge in [0.05, 0.1) is 12.7 Å². The summed E-state index contributed by atoms with van der Waals surface area (Å²) in [7, 11) is 1.46. The number of rotatable bonds is 9. The number of carbonyl (C=O) groups is 2. The van der Waals surface area contributed by atoms with Crippen molar-refractivity contribution >= 4 is 35.0 Å². The number of aromatic nitrogens is 1. The fraction of sp³-hybridized carbons (Fsp3) is 0.208. The molecule has 0 spiro atoms. The third-order valence-electron chi connectivity index (χ3n) is 4.62. The summed E-state index contributed by atoms with van der Waals surface area (Å²) in [6.07, 6.45) is 1.37. The molecule has 0 saturated heterocycles. The van der Waals surface area contributed by atoms with Gasteiger partial charge in [0, 0.05) is 33.9 Å². The number of halogens is 2. The SMILES string of the molecule is COc1ccc(C(=O)c2ccc(OCc3cc(Cl)cc(Cl)c3)nc2)c(OC(C)(C)C(=O)O)c1. The summed E-state index contributed by atoms with van der Waals surface area (Å²) in [5, 5.41) is 10.4. The number of nitrogens with zero attached hydrogens (tertiary/aromatic N) is 1. The Morgan fingerprint density at radius 3 is 2.30 bits per heavy atom. The fourth-order valence-corrected chi connectivity index (χ4v) is 3.40. The van der Waals surface area contributed by atoms with Crippen LogP contribution in [-0.4, -0.2) is 34.6 Å². The molecule has 0 aliphatic rings. The van der Waals surface area contributed by atoms with E-state index in [1.165, 1.54) is 39.3 Å². The van der Waals surface area contributed by atoms with Gasteiger partial charge >= 0.3 is 5.97 Å². The van der Waals surface area contributed by atoms with E-state index in [9.17, 15) is 14.7 Å². The van der Waals surface area contributed by atoms with Gasteiger partial charge in [-0.15, -0.1) is 0 Å². The van der Waals surface area contributed by atoms with E-state index in [2.05, 4.69) is 4.98 Å². The molecule has 0 amide bonds. The van der Waals surface area contributed by atoms with Gasteiger partial charge < -0.3 is 19.3 Å². The fourth-order valence-electron chi connectivity index (χ4n) is 2.83. The molecule has 0 aliphatic carbocycles. The van der Waals surface area contributed by atoms with Gasteiger partial charge in [0.1, 0.15) is 18.1 Å². The Bertz CT molecular complexity index is 1160. The predicted octanol–water partition coefficient (Wildman–Crippen LogP) is 5.45. The highest BCUT2D eigenvalue weighted by Crippen LogP contribution is 2.30. The average Bonchev–Trinajstić information content (AvgIpc) is 2.76. The monoisotopic (exact) mass is 489 g/mol. The molecule has 1 heterocycles. The summed E-state index contributed by atoms with van der Waals surface area (Å²) in [5.74, 6) is -0.751. The Balaban J connectivity index is 1.80. The number of carboxylic acids is 1. The zero-order valence-electron chi connectivity index (χ0n) is 18.1. The van der Waals surface area contributed by atoms with E-state index in [-0.39, 0.29) is 23.5 Å². The maximum atomic E-state index is 13.1. The molecule has 7 nitrogen and oxygen atoms in total. The van der Waals surface area contributed by atoms with Crippen LogP contribution in [-0.2, 0) is 11.4 Å². The van der Waals surface area contributed by atoms with Crippen molar-refractivity contribution in [2.24, 2.45) is 0 Å². The standard InChI is InChI=1S/C24H21Cl2NO6/c1-24(2,23(29)30)33-20-11-18(31-3)5-6-19(20)22(28)15-4-7-21(27-12-15)32-13-14-8-16(25)10-17(26)9-14/h4-12H,13H2,1-3H3,(H,29,30). The van der Waals surface area contributed by atoms with Gasteiger partial charge in [-0.2, -0.15) is 0 Å². The molecule has 0 bridgehead atoms. The van der Waals surface area contributed by atoms with E-state index in [0.29, 0.717) is 21.7 Å². The molecule has 1 N–H and O–H groups in total. The van der Waals surface area contributed by atoms with Gasteiger partial charge in [-0.3, -0.25) is 4.79 Å². The zero-order valence-corrected chi connectivity index (χ0v) is 19.6. The number of hydrogen-bond donors (Lipinski definition) is 1. The lowest BCUT2D eigenvalue weighted by Gasteiger charge is -2.23. The van der Waals surface area contributed by atoms with Crippen LogP contribution in [0.3, 0.4) is 0 Å². The van der Waals surface area contributed by atoms with Gasteiger partial charge in [-0.25, -0.2) is 9.78 Å². The molecule has 3 aromatic rings. The molecule has 33 heavy (non-hydrogen) atoms. The first-order valence-corrected chi connectivity index (χ1v) is 10.5. The zero-order chi connectivity index (χ0) is 24.2. The molecule has 1 aromatic heterocycles. The number of ether oxygens (including phenoxy) is 3. The van der Waals surface area contributed by atoms with Crippen LogP contribution in [0.25, 0.3) is 0 Å². The Hall–Kier alpha value is -3.29. The van der Waals surface area contributed by atoms with Crippen LogP contribution in [0.2, 0.25) is 10.0 Å². The minimum atomic E-state index is -1.55. The van der Waals surface area contributed by atoms with Crippen LogP contribution in [0.4, 0.5) is 0 Å². The molecule has 3 rings (SSSR count). The van der Waals surface area contributed by atoms with Crippen LogP contribution in [0, 0.1) is 0 Å². The number of carbonyl (C=O) groups excluding carboxylic acids is 1. The van der Waals surface area contributed by atoms with Gasteiger partial charge in [-0.1, -0.05) is 23.2 Å². The maximum Gasteiger partial charge on any atom is 0.347 e. The highest BCUT2D eigenvalue weighted by molar-refractivity contribution is 6.34. The molecular formula is C24H21Cl2NO6. The number of benzene rings is 2. The van der Waals surface area contributed by atoms with Crippen LogP contribution in [0.5, 0.6) is 17.4 Å². The highest BCUT2D eigenvalue weighted by atomic mass is 35.5. The van der Waals surface area contributed by atoms with Crippen molar-refractivity contribution < 1.29 is 28.9 Å². The minimum Gasteiger partial charge on any atom is -0.497 e. The number of pyridine rings is 1. The molecule has 0 atom stereocenters. The maximum absolute atomic E-state index is 13.1. The van der Waals surface area contributed by atoms with E-state index < -0.39 is 17.4 Å². The van der Waals surface area contributed by atoms with Crippen LogP contribution < -0.4 is 14.2 Å². The second-order valence-corrected chi connectivity index (χ2v) is 8.43. The summed E-state index contributed by atoms with van der Waals surface area (Å²) in [6.45, 7) is 2.98. The van der Waals surface area contributed by atoms with Gasteiger partial charge in [0.25, 0.3) is 0 Å². The first-order chi connectivity index (χ1) is 15.6. The molecule has 0 saturated carbocycles. The number of hydrogen-bond acceptors (Lipinski definition) is 6. The lowest BCUT2D eigenvalue weighted by molar-refractivity contribution is -0.152. The number of carboxylic acid groups (broad SMARTS) is 1. The Labute approximate surface area is 200 Å². The second-order valence-electron chi connectivity index (χ2n) is 7.56. The molecule has 0 aliphatic heterocycles. The van der Waals surface area contributed by atoms with Crippen LogP contribution in [0.15, 0.2) is 54.7 Å². The van der Waals surface area contributed by atoms with Crippen molar-refractivity contribution in [3.63, 3.8) is 0 Å². The van der Waals surface area contributed by atoms with Crippen LogP contribution in [0.1, 0.15) is 35.3 Å². The van der Waals surface area contributed by atoms with Crippen molar-refractivity contribution in [3.8, 4) is 17.4 Å². The van der Waals surface area contributed by atoms with E-state index in [0.717, 1.165) is 5.56 Å². The summed E-state index contributed by atoms with van der Waals surface area (Å²) in [5.41, 5.74) is -0.332. The lowest BCUT2D eigenvalue weighted by Crippen LogP contribution is -2.38. The summed E-state index contributed by atoms with van der Waals surface area (Å²) in [4.78, 5) is 28.8. The minimum absolute atomic E-state index is 0.0879. The number of ketones is 1. The van der Waals surface area contributed by atoms with E-state index in [1.54, 1.807) is 36.4 Å². The normalized spacial score (nSPS) is 11.1. The first kappa shape index (κ1) is 24.4. The Kier molecular flexibility index (Phi) is 7.46. The molecular weight excluding hydrogens is 469 g/mol. The van der Waals surface area contributed by atoms with Crippen molar-refractivity contribution in [1.29, 1.82) is 0 Å². The van der Waals surface area contributed by atoms with Crippen molar-refractivity contribution in [2.45, 2.75) is 26.1 Å². The van der Waals surface area contributed by atoms with E-state index in [4.69, 9.17) is 37.4 Å². The van der Waals surface area contributed by atoms with E-state index in [1.807, 2.05) is 0 Å². The van der Waals surface area contributed by atoms with Crippen molar-refractivity contribution in [2.75, 3.05) is 7.11 Å². The molecule has 9 heteroatoms. The Morgan fingerprint density at radius 1 is 1.03 bits per heavy atom. The predicted molar refractivity (Wildman–Crippen MR) is 124 cm³/mol. The molecule has 0 fully saturated rings. The highest BCUT2D eigenvalue weighted by Gasteiger charge is 2.31. The number of aliphatic carboxylic acids is 1. The van der Waals surface area contributed by atoms with Gasteiger partial charge in [0.2, 0.25) is 5.88 Å². The average molecular weight is 490 g/mol. The molecule has 0 radical (unpaired) electrons. The molecule has 2 aromatic carbocycles. The van der Waals surface area contributed by atoms with E-state index >= 15 is 0 Å². The van der Waals surface area contributed by atoms with Crippen molar-refractivity contribution in [1.82, 2.24) is 4.98 Å². The Morgan fingerprint density at radius 2 is 1.73 bits per heavy atom. The largest absolute Gasteiger partial charge is 0.497 e. The van der Waals surface area contributed by atoms with Crippen molar-refractivity contribution in [3.05, 3.63) is 81.5 Å². The number of methoxy groups -OCH3 is 1. The van der Waals surface area contributed by atoms with Gasteiger partial charge in [-0.05, 0) is 55.8 Å². The summed E-state index contributed by atoms with van der Waals surface area (Å²) >= 11 is 12.0. The second kappa shape index (κ2) is 10.1. The smallest absolute Gasteiger partial charge is 0.347 e. The third kappa shape index (κ3) is 6.15. The topological polar surface area (TPSA) is 95.0 Å². The third-order valence-corrected chi connectivity index (χ3v) is 5.06. The molecule has 0 unspecified atom stereocenters. The first-order valence-electron chi connectivity index (χ1n) is 9.78. The van der Waals surface area contributed by atoms with Gasteiger partial charge in [0.15, 0.2) is 11.4 Å². The van der Waals surface area contributed by atoms with Crippen LogP contribution >= 0.6 is 23.2 Å². The summed E-state index contributed by atoms with van der Waals surface area (Å²) in [6, 6.07) is 12.8.